The lowest BCUT2D eigenvalue weighted by molar-refractivity contribution is -0.148. The fourth-order valence-corrected chi connectivity index (χ4v) is 3.16. The number of benzene rings is 3. The third-order valence-electron chi connectivity index (χ3n) is 4.87. The number of rotatable bonds is 4. The van der Waals surface area contributed by atoms with Crippen LogP contribution >= 0.6 is 0 Å². The summed E-state index contributed by atoms with van der Waals surface area (Å²) in [6, 6.07) is 25.2. The van der Waals surface area contributed by atoms with E-state index in [-0.39, 0.29) is 12.0 Å². The van der Waals surface area contributed by atoms with E-state index in [1.807, 2.05) is 42.5 Å². The predicted octanol–water partition coefficient (Wildman–Crippen LogP) is 5.27. The Morgan fingerprint density at radius 3 is 1.79 bits per heavy atom. The summed E-state index contributed by atoms with van der Waals surface area (Å²) in [4.78, 5) is 24.9. The van der Waals surface area contributed by atoms with Crippen molar-refractivity contribution in [2.75, 3.05) is 4.90 Å². The number of anilines is 1. The van der Waals surface area contributed by atoms with Crippen LogP contribution in [0, 0.1) is 0 Å². The molecule has 0 aliphatic heterocycles. The molecule has 0 spiro atoms. The van der Waals surface area contributed by atoms with E-state index in [1.165, 1.54) is 10.5 Å². The quantitative estimate of drug-likeness (QED) is 0.621. The zero-order chi connectivity index (χ0) is 21.0. The lowest BCUT2D eigenvalue weighted by Gasteiger charge is -2.21. The number of carbonyl (C=O) groups excluding carboxylic acids is 1. The molecule has 148 valence electrons. The van der Waals surface area contributed by atoms with Gasteiger partial charge in [-0.05, 0) is 39.8 Å². The zero-order valence-electron chi connectivity index (χ0n) is 16.9. The topological polar surface area (TPSA) is 57.6 Å². The molecule has 4 heteroatoms. The molecule has 3 aromatic carbocycles. The number of amides is 1. The van der Waals surface area contributed by atoms with Gasteiger partial charge in [-0.25, -0.2) is 4.79 Å². The van der Waals surface area contributed by atoms with Crippen LogP contribution in [0.15, 0.2) is 78.9 Å². The second kappa shape index (κ2) is 8.31. The molecule has 0 atom stereocenters. The number of nitrogens with zero attached hydrogens (tertiary/aromatic N) is 1. The molecule has 0 aliphatic rings. The Kier molecular flexibility index (Phi) is 5.83. The Balaban J connectivity index is 1.87. The summed E-state index contributed by atoms with van der Waals surface area (Å²) >= 11 is 0. The first-order chi connectivity index (χ1) is 13.8. The first-order valence-corrected chi connectivity index (χ1v) is 9.55. The summed E-state index contributed by atoms with van der Waals surface area (Å²) in [6.07, 6.45) is 0. The highest BCUT2D eigenvalue weighted by molar-refractivity contribution is 6.37. The van der Waals surface area contributed by atoms with Crippen molar-refractivity contribution in [3.8, 4) is 11.1 Å². The van der Waals surface area contributed by atoms with Crippen molar-refractivity contribution in [1.82, 2.24) is 0 Å². The van der Waals surface area contributed by atoms with Gasteiger partial charge < -0.3 is 5.11 Å². The summed E-state index contributed by atoms with van der Waals surface area (Å²) in [5.41, 5.74) is 4.86. The van der Waals surface area contributed by atoms with E-state index in [0.29, 0.717) is 5.69 Å². The molecule has 0 aliphatic carbocycles. The molecule has 0 heterocycles. The zero-order valence-corrected chi connectivity index (χ0v) is 16.9. The molecule has 1 amide bonds. The normalized spacial score (nSPS) is 11.1. The van der Waals surface area contributed by atoms with Crippen LogP contribution in [0.4, 0.5) is 5.69 Å². The Morgan fingerprint density at radius 1 is 0.793 bits per heavy atom. The number of carbonyl (C=O) groups is 2. The molecule has 0 unspecified atom stereocenters. The van der Waals surface area contributed by atoms with Gasteiger partial charge in [-0.15, -0.1) is 0 Å². The summed E-state index contributed by atoms with van der Waals surface area (Å²) in [7, 11) is 0. The molecular formula is C25H25NO3. The van der Waals surface area contributed by atoms with Gasteiger partial charge in [-0.2, -0.15) is 0 Å². The molecule has 3 rings (SSSR count). The first kappa shape index (κ1) is 20.3. The number of carboxylic acid groups (broad SMARTS) is 1. The third kappa shape index (κ3) is 4.91. The van der Waals surface area contributed by atoms with Crippen LogP contribution in [-0.2, 0) is 21.5 Å². The summed E-state index contributed by atoms with van der Waals surface area (Å²) in [5.74, 6) is -2.42. The van der Waals surface area contributed by atoms with Crippen molar-refractivity contribution in [2.45, 2.75) is 32.7 Å². The van der Waals surface area contributed by atoms with E-state index in [4.69, 9.17) is 0 Å². The first-order valence-electron chi connectivity index (χ1n) is 9.55. The molecule has 3 aromatic rings. The minimum Gasteiger partial charge on any atom is -0.474 e. The minimum absolute atomic E-state index is 0.0948. The number of aliphatic carboxylic acids is 1. The van der Waals surface area contributed by atoms with E-state index in [0.717, 1.165) is 16.7 Å². The molecule has 1 N–H and O–H groups in total. The molecule has 0 bridgehead atoms. The highest BCUT2D eigenvalue weighted by atomic mass is 16.4. The maximum atomic E-state index is 12.3. The van der Waals surface area contributed by atoms with Gasteiger partial charge in [0.05, 0.1) is 6.54 Å². The van der Waals surface area contributed by atoms with Gasteiger partial charge in [-0.1, -0.05) is 87.5 Å². The Labute approximate surface area is 171 Å². The maximum absolute atomic E-state index is 12.3. The minimum atomic E-state index is -1.47. The molecule has 0 fully saturated rings. The lowest BCUT2D eigenvalue weighted by atomic mass is 9.86. The van der Waals surface area contributed by atoms with Crippen molar-refractivity contribution >= 4 is 17.6 Å². The summed E-state index contributed by atoms with van der Waals surface area (Å²) in [6.45, 7) is 6.73. The van der Waals surface area contributed by atoms with Crippen molar-refractivity contribution in [3.05, 3.63) is 90.0 Å². The van der Waals surface area contributed by atoms with Crippen LogP contribution in [0.2, 0.25) is 0 Å². The smallest absolute Gasteiger partial charge is 0.394 e. The van der Waals surface area contributed by atoms with E-state index in [9.17, 15) is 14.7 Å². The van der Waals surface area contributed by atoms with Gasteiger partial charge in [0.15, 0.2) is 0 Å². The SMILES string of the molecule is CC(C)(C)c1ccc(-c2ccc(N(Cc3ccccc3)C(=O)C(=O)O)cc2)cc1. The lowest BCUT2D eigenvalue weighted by Crippen LogP contribution is -2.36. The largest absolute Gasteiger partial charge is 0.474 e. The van der Waals surface area contributed by atoms with Crippen LogP contribution in [0.5, 0.6) is 0 Å². The van der Waals surface area contributed by atoms with Crippen molar-refractivity contribution < 1.29 is 14.7 Å². The van der Waals surface area contributed by atoms with Gasteiger partial charge in [0.25, 0.3) is 0 Å². The van der Waals surface area contributed by atoms with Crippen molar-refractivity contribution in [1.29, 1.82) is 0 Å². The van der Waals surface area contributed by atoms with Gasteiger partial charge >= 0.3 is 11.9 Å². The molecular weight excluding hydrogens is 362 g/mol. The highest BCUT2D eigenvalue weighted by Crippen LogP contribution is 2.28. The summed E-state index contributed by atoms with van der Waals surface area (Å²) in [5, 5.41) is 9.22. The van der Waals surface area contributed by atoms with E-state index < -0.39 is 11.9 Å². The average Bonchev–Trinajstić information content (AvgIpc) is 2.72. The number of hydrogen-bond acceptors (Lipinski definition) is 2. The van der Waals surface area contributed by atoms with Crippen molar-refractivity contribution in [2.24, 2.45) is 0 Å². The van der Waals surface area contributed by atoms with Crippen molar-refractivity contribution in [3.63, 3.8) is 0 Å². The molecule has 0 saturated carbocycles. The Bertz CT molecular complexity index is 985. The molecule has 0 radical (unpaired) electrons. The molecule has 4 nitrogen and oxygen atoms in total. The van der Waals surface area contributed by atoms with Crippen LogP contribution in [0.3, 0.4) is 0 Å². The standard InChI is InChI=1S/C25H25NO3/c1-25(2,3)21-13-9-19(10-14-21)20-11-15-22(16-12-20)26(23(27)24(28)29)17-18-7-5-4-6-8-18/h4-16H,17H2,1-3H3,(H,28,29). The van der Waals surface area contributed by atoms with Gasteiger partial charge in [0.1, 0.15) is 0 Å². The average molecular weight is 387 g/mol. The number of carboxylic acids is 1. The molecule has 29 heavy (non-hydrogen) atoms. The number of hydrogen-bond donors (Lipinski definition) is 1. The van der Waals surface area contributed by atoms with Crippen LogP contribution in [0.1, 0.15) is 31.9 Å². The van der Waals surface area contributed by atoms with E-state index in [1.54, 1.807) is 12.1 Å². The van der Waals surface area contributed by atoms with Crippen LogP contribution in [-0.4, -0.2) is 17.0 Å². The van der Waals surface area contributed by atoms with Crippen LogP contribution < -0.4 is 4.90 Å². The van der Waals surface area contributed by atoms with E-state index >= 15 is 0 Å². The maximum Gasteiger partial charge on any atom is 0.394 e. The fourth-order valence-electron chi connectivity index (χ4n) is 3.16. The third-order valence-corrected chi connectivity index (χ3v) is 4.87. The second-order valence-corrected chi connectivity index (χ2v) is 8.06. The monoisotopic (exact) mass is 387 g/mol. The highest BCUT2D eigenvalue weighted by Gasteiger charge is 2.23. The second-order valence-electron chi connectivity index (χ2n) is 8.06. The van der Waals surface area contributed by atoms with Gasteiger partial charge in [0.2, 0.25) is 0 Å². The summed E-state index contributed by atoms with van der Waals surface area (Å²) < 4.78 is 0. The van der Waals surface area contributed by atoms with Crippen LogP contribution in [0.25, 0.3) is 11.1 Å². The fraction of sp³-hybridized carbons (Fsp3) is 0.200. The predicted molar refractivity (Wildman–Crippen MR) is 116 cm³/mol. The molecule has 0 aromatic heterocycles. The van der Waals surface area contributed by atoms with Gasteiger partial charge in [0, 0.05) is 5.69 Å². The van der Waals surface area contributed by atoms with E-state index in [2.05, 4.69) is 45.0 Å². The molecule has 0 saturated heterocycles. The van der Waals surface area contributed by atoms with Gasteiger partial charge in [-0.3, -0.25) is 9.69 Å². The Morgan fingerprint density at radius 2 is 1.31 bits per heavy atom. The Hall–Kier alpha value is -3.40.